The molecule has 0 unspecified atom stereocenters. The van der Waals surface area contributed by atoms with E-state index in [9.17, 15) is 17.6 Å². The molecule has 1 aromatic carbocycles. The van der Waals surface area contributed by atoms with Gasteiger partial charge >= 0.3 is 5.97 Å². The lowest BCUT2D eigenvalue weighted by Crippen LogP contribution is -2.14. The van der Waals surface area contributed by atoms with E-state index in [2.05, 4.69) is 4.72 Å². The first-order chi connectivity index (χ1) is 9.70. The molecule has 0 bridgehead atoms. The van der Waals surface area contributed by atoms with Crippen LogP contribution >= 0.6 is 11.3 Å². The summed E-state index contributed by atoms with van der Waals surface area (Å²) in [5.74, 6) is -1.64. The van der Waals surface area contributed by atoms with Gasteiger partial charge in [-0.1, -0.05) is 0 Å². The highest BCUT2D eigenvalue weighted by Gasteiger charge is 2.22. The summed E-state index contributed by atoms with van der Waals surface area (Å²) in [6.07, 6.45) is 0. The van der Waals surface area contributed by atoms with Gasteiger partial charge in [0, 0.05) is 4.88 Å². The Bertz CT molecular complexity index is 812. The number of benzene rings is 1. The number of rotatable bonds is 4. The normalized spacial score (nSPS) is 11.4. The third-order valence-corrected chi connectivity index (χ3v) is 5.46. The van der Waals surface area contributed by atoms with Crippen LogP contribution in [0.15, 0.2) is 29.2 Å². The maximum atomic E-state index is 13.0. The molecule has 2 rings (SSSR count). The van der Waals surface area contributed by atoms with Crippen LogP contribution in [0.5, 0.6) is 0 Å². The molecule has 0 aliphatic rings. The molecule has 0 saturated carbocycles. The summed E-state index contributed by atoms with van der Waals surface area (Å²) in [6.45, 7) is 3.10. The van der Waals surface area contributed by atoms with Crippen LogP contribution in [0.1, 0.15) is 20.1 Å². The number of aromatic carboxylic acids is 1. The lowest BCUT2D eigenvalue weighted by molar-refractivity contribution is 0.0702. The van der Waals surface area contributed by atoms with E-state index in [4.69, 9.17) is 5.11 Å². The number of hydrogen-bond donors (Lipinski definition) is 2. The van der Waals surface area contributed by atoms with Crippen LogP contribution in [0.25, 0.3) is 0 Å². The summed E-state index contributed by atoms with van der Waals surface area (Å²) in [5.41, 5.74) is 0.684. The highest BCUT2D eigenvalue weighted by atomic mass is 32.2. The van der Waals surface area contributed by atoms with Crippen LogP contribution in [0, 0.1) is 19.7 Å². The zero-order valence-corrected chi connectivity index (χ0v) is 12.8. The first kappa shape index (κ1) is 15.5. The molecule has 2 N–H and O–H groups in total. The summed E-state index contributed by atoms with van der Waals surface area (Å²) in [4.78, 5) is 11.1. The van der Waals surface area contributed by atoms with E-state index >= 15 is 0 Å². The molecule has 0 saturated heterocycles. The van der Waals surface area contributed by atoms with Crippen LogP contribution in [0.2, 0.25) is 0 Å². The van der Waals surface area contributed by atoms with Crippen LogP contribution in [-0.4, -0.2) is 19.5 Å². The average molecular weight is 329 g/mol. The molecule has 5 nitrogen and oxygen atoms in total. The molecule has 8 heteroatoms. The van der Waals surface area contributed by atoms with Crippen molar-refractivity contribution in [3.63, 3.8) is 0 Å². The zero-order chi connectivity index (χ0) is 15.8. The molecule has 0 amide bonds. The predicted molar refractivity (Wildman–Crippen MR) is 78.0 cm³/mol. The lowest BCUT2D eigenvalue weighted by Gasteiger charge is -2.10. The van der Waals surface area contributed by atoms with Gasteiger partial charge in [-0.15, -0.1) is 11.3 Å². The van der Waals surface area contributed by atoms with E-state index in [1.165, 1.54) is 19.1 Å². The van der Waals surface area contributed by atoms with Crippen molar-refractivity contribution in [1.82, 2.24) is 0 Å². The predicted octanol–water partition coefficient (Wildman–Crippen LogP) is 3.00. The molecule has 0 atom stereocenters. The van der Waals surface area contributed by atoms with Gasteiger partial charge in [-0.25, -0.2) is 17.6 Å². The van der Waals surface area contributed by atoms with Gasteiger partial charge < -0.3 is 5.11 Å². The van der Waals surface area contributed by atoms with Crippen molar-refractivity contribution in [2.45, 2.75) is 18.7 Å². The van der Waals surface area contributed by atoms with Crippen molar-refractivity contribution in [3.05, 3.63) is 45.4 Å². The van der Waals surface area contributed by atoms with Gasteiger partial charge in [-0.3, -0.25) is 4.72 Å². The Kier molecular flexibility index (Phi) is 4.02. The summed E-state index contributed by atoms with van der Waals surface area (Å²) in [5, 5.41) is 8.91. The number of halogens is 1. The number of aryl methyl sites for hydroxylation is 2. The van der Waals surface area contributed by atoms with E-state index in [-0.39, 0.29) is 15.5 Å². The van der Waals surface area contributed by atoms with Gasteiger partial charge in [-0.05, 0) is 43.7 Å². The smallest absolute Gasteiger partial charge is 0.345 e. The largest absolute Gasteiger partial charge is 0.477 e. The van der Waals surface area contributed by atoms with Gasteiger partial charge in [0.05, 0.1) is 5.69 Å². The summed E-state index contributed by atoms with van der Waals surface area (Å²) in [6, 6.07) is 4.79. The van der Waals surface area contributed by atoms with Crippen molar-refractivity contribution in [2.24, 2.45) is 0 Å². The Balaban J connectivity index is 2.41. The third kappa shape index (κ3) is 3.22. The summed E-state index contributed by atoms with van der Waals surface area (Å²) < 4.78 is 40.0. The number of carboxylic acid groups (broad SMARTS) is 1. The molecule has 0 spiro atoms. The SMILES string of the molecule is Cc1cc(F)ccc1NS(=O)(=O)c1cc(C(=O)O)sc1C. The fraction of sp³-hybridized carbons (Fsp3) is 0.154. The van der Waals surface area contributed by atoms with Crippen LogP contribution in [-0.2, 0) is 10.0 Å². The molecule has 0 radical (unpaired) electrons. The second-order valence-electron chi connectivity index (χ2n) is 4.40. The molecular weight excluding hydrogens is 317 g/mol. The molecule has 1 aromatic heterocycles. The van der Waals surface area contributed by atoms with Crippen molar-refractivity contribution < 1.29 is 22.7 Å². The van der Waals surface area contributed by atoms with Gasteiger partial charge in [0.2, 0.25) is 0 Å². The van der Waals surface area contributed by atoms with Crippen LogP contribution < -0.4 is 4.72 Å². The summed E-state index contributed by atoms with van der Waals surface area (Å²) in [7, 11) is -3.92. The highest BCUT2D eigenvalue weighted by molar-refractivity contribution is 7.93. The Morgan fingerprint density at radius 3 is 2.48 bits per heavy atom. The highest BCUT2D eigenvalue weighted by Crippen LogP contribution is 2.28. The fourth-order valence-electron chi connectivity index (χ4n) is 1.78. The Labute approximate surface area is 125 Å². The molecule has 0 aliphatic carbocycles. The number of nitrogens with one attached hydrogen (secondary N) is 1. The molecule has 112 valence electrons. The number of hydrogen-bond acceptors (Lipinski definition) is 4. The monoisotopic (exact) mass is 329 g/mol. The second kappa shape index (κ2) is 5.45. The Morgan fingerprint density at radius 2 is 1.95 bits per heavy atom. The van der Waals surface area contributed by atoms with Gasteiger partial charge in [0.1, 0.15) is 15.6 Å². The molecule has 21 heavy (non-hydrogen) atoms. The van der Waals surface area contributed by atoms with Gasteiger partial charge in [-0.2, -0.15) is 0 Å². The first-order valence-electron chi connectivity index (χ1n) is 5.83. The number of carboxylic acids is 1. The minimum absolute atomic E-state index is 0.0521. The minimum Gasteiger partial charge on any atom is -0.477 e. The van der Waals surface area contributed by atoms with Crippen molar-refractivity contribution in [1.29, 1.82) is 0 Å². The number of thiophene rings is 1. The van der Waals surface area contributed by atoms with E-state index in [1.807, 2.05) is 0 Å². The zero-order valence-electron chi connectivity index (χ0n) is 11.2. The van der Waals surface area contributed by atoms with Gasteiger partial charge in [0.15, 0.2) is 0 Å². The molecule has 0 aliphatic heterocycles. The quantitative estimate of drug-likeness (QED) is 0.903. The minimum atomic E-state index is -3.92. The van der Waals surface area contributed by atoms with Crippen LogP contribution in [0.4, 0.5) is 10.1 Å². The number of sulfonamides is 1. The Hall–Kier alpha value is -1.93. The van der Waals surface area contributed by atoms with Crippen molar-refractivity contribution >= 4 is 33.0 Å². The van der Waals surface area contributed by atoms with Crippen molar-refractivity contribution in [2.75, 3.05) is 4.72 Å². The number of carbonyl (C=O) groups is 1. The Morgan fingerprint density at radius 1 is 1.29 bits per heavy atom. The summed E-state index contributed by atoms with van der Waals surface area (Å²) >= 11 is 0.888. The average Bonchev–Trinajstić information content (AvgIpc) is 2.76. The molecule has 0 fully saturated rings. The first-order valence-corrected chi connectivity index (χ1v) is 8.13. The fourth-order valence-corrected chi connectivity index (χ4v) is 4.34. The third-order valence-electron chi connectivity index (χ3n) is 2.81. The van der Waals surface area contributed by atoms with Gasteiger partial charge in [0.25, 0.3) is 10.0 Å². The van der Waals surface area contributed by atoms with E-state index in [0.717, 1.165) is 23.5 Å². The number of anilines is 1. The molecular formula is C13H12FNO4S2. The lowest BCUT2D eigenvalue weighted by atomic mass is 10.2. The van der Waals surface area contributed by atoms with Crippen molar-refractivity contribution in [3.8, 4) is 0 Å². The van der Waals surface area contributed by atoms with Crippen LogP contribution in [0.3, 0.4) is 0 Å². The topological polar surface area (TPSA) is 83.5 Å². The maximum Gasteiger partial charge on any atom is 0.345 e. The standard InChI is InChI=1S/C13H12FNO4S2/c1-7-5-9(14)3-4-10(7)15-21(18,19)12-6-11(13(16)17)20-8(12)2/h3-6,15H,1-2H3,(H,16,17). The maximum absolute atomic E-state index is 13.0. The van der Waals surface area contributed by atoms with E-state index in [1.54, 1.807) is 6.92 Å². The van der Waals surface area contributed by atoms with E-state index < -0.39 is 21.8 Å². The second-order valence-corrected chi connectivity index (χ2v) is 7.31. The molecule has 1 heterocycles. The molecule has 2 aromatic rings. The van der Waals surface area contributed by atoms with E-state index in [0.29, 0.717) is 10.4 Å².